The van der Waals surface area contributed by atoms with E-state index >= 15 is 0 Å². The predicted molar refractivity (Wildman–Crippen MR) is 67.3 cm³/mol. The maximum atomic E-state index is 8.96. The van der Waals surface area contributed by atoms with Crippen LogP contribution < -0.4 is 4.90 Å². The molecule has 0 atom stereocenters. The number of aromatic nitrogens is 2. The molecule has 18 heavy (non-hydrogen) atoms. The van der Waals surface area contributed by atoms with E-state index in [1.54, 1.807) is 12.4 Å². The number of anilines is 1. The molecule has 5 nitrogen and oxygen atoms in total. The number of rotatable bonds is 2. The van der Waals surface area contributed by atoms with Gasteiger partial charge >= 0.3 is 0 Å². The molecule has 1 N–H and O–H groups in total. The van der Waals surface area contributed by atoms with Crippen molar-refractivity contribution in [3.8, 4) is 0 Å². The second kappa shape index (κ2) is 4.82. The molecule has 2 aliphatic heterocycles. The highest BCUT2D eigenvalue weighted by Gasteiger charge is 2.39. The van der Waals surface area contributed by atoms with Crippen molar-refractivity contribution >= 4 is 5.82 Å². The smallest absolute Gasteiger partial charge is 0.147 e. The summed E-state index contributed by atoms with van der Waals surface area (Å²) in [7, 11) is 0. The lowest BCUT2D eigenvalue weighted by Gasteiger charge is -2.33. The van der Waals surface area contributed by atoms with Gasteiger partial charge in [-0.25, -0.2) is 4.98 Å². The molecule has 3 rings (SSSR count). The van der Waals surface area contributed by atoms with E-state index in [1.807, 2.05) is 0 Å². The molecule has 0 bridgehead atoms. The summed E-state index contributed by atoms with van der Waals surface area (Å²) >= 11 is 0. The zero-order valence-electron chi connectivity index (χ0n) is 10.5. The van der Waals surface area contributed by atoms with Crippen LogP contribution in [0.5, 0.6) is 0 Å². The molecule has 0 radical (unpaired) electrons. The number of aliphatic hydroxyl groups is 1. The lowest BCUT2D eigenvalue weighted by Crippen LogP contribution is -2.33. The topological polar surface area (TPSA) is 58.5 Å². The molecule has 3 heterocycles. The van der Waals surface area contributed by atoms with E-state index in [2.05, 4.69) is 14.9 Å². The van der Waals surface area contributed by atoms with Gasteiger partial charge in [0.1, 0.15) is 5.82 Å². The minimum absolute atomic E-state index is 0.0471. The molecule has 98 valence electrons. The summed E-state index contributed by atoms with van der Waals surface area (Å²) in [5.41, 5.74) is 1.05. The van der Waals surface area contributed by atoms with Crippen molar-refractivity contribution in [3.05, 3.63) is 18.1 Å². The fourth-order valence-corrected chi connectivity index (χ4v) is 2.94. The van der Waals surface area contributed by atoms with Gasteiger partial charge in [0, 0.05) is 26.3 Å². The van der Waals surface area contributed by atoms with E-state index < -0.39 is 0 Å². The number of nitrogens with zero attached hydrogens (tertiary/aromatic N) is 3. The highest BCUT2D eigenvalue weighted by molar-refractivity contribution is 5.38. The van der Waals surface area contributed by atoms with Crippen LogP contribution in [0.15, 0.2) is 12.4 Å². The molecule has 0 aliphatic carbocycles. The third-order valence-electron chi connectivity index (χ3n) is 4.17. The molecule has 2 fully saturated rings. The average molecular weight is 249 g/mol. The third-order valence-corrected chi connectivity index (χ3v) is 4.17. The van der Waals surface area contributed by atoms with Crippen LogP contribution in [0.25, 0.3) is 0 Å². The van der Waals surface area contributed by atoms with Gasteiger partial charge in [-0.05, 0) is 24.7 Å². The van der Waals surface area contributed by atoms with Gasteiger partial charge in [0.2, 0.25) is 0 Å². The summed E-state index contributed by atoms with van der Waals surface area (Å²) < 4.78 is 5.45. The van der Waals surface area contributed by atoms with Crippen molar-refractivity contribution in [3.63, 3.8) is 0 Å². The fraction of sp³-hybridized carbons (Fsp3) is 0.692. The van der Waals surface area contributed by atoms with E-state index in [0.29, 0.717) is 11.1 Å². The van der Waals surface area contributed by atoms with Crippen molar-refractivity contribution in [2.75, 3.05) is 31.2 Å². The van der Waals surface area contributed by atoms with Crippen molar-refractivity contribution in [2.45, 2.75) is 25.9 Å². The van der Waals surface area contributed by atoms with Gasteiger partial charge in [0.25, 0.3) is 0 Å². The first-order valence-corrected chi connectivity index (χ1v) is 6.56. The van der Waals surface area contributed by atoms with E-state index in [4.69, 9.17) is 9.84 Å². The molecule has 0 unspecified atom stereocenters. The molecule has 2 aliphatic rings. The van der Waals surface area contributed by atoms with Crippen LogP contribution in [0.2, 0.25) is 0 Å². The van der Waals surface area contributed by atoms with Crippen LogP contribution in [0.1, 0.15) is 25.0 Å². The maximum absolute atomic E-state index is 8.96. The predicted octanol–water partition coefficient (Wildman–Crippen LogP) is 0.976. The molecular weight excluding hydrogens is 230 g/mol. The third kappa shape index (κ3) is 2.20. The summed E-state index contributed by atoms with van der Waals surface area (Å²) in [5, 5.41) is 8.96. The Morgan fingerprint density at radius 2 is 2.06 bits per heavy atom. The molecule has 0 aromatic carbocycles. The van der Waals surface area contributed by atoms with E-state index in [1.165, 1.54) is 6.42 Å². The molecule has 1 aromatic heterocycles. The largest absolute Gasteiger partial charge is 0.390 e. The molecule has 2 saturated heterocycles. The Morgan fingerprint density at radius 3 is 2.72 bits per heavy atom. The second-order valence-electron chi connectivity index (χ2n) is 5.31. The zero-order valence-corrected chi connectivity index (χ0v) is 10.5. The highest BCUT2D eigenvalue weighted by Crippen LogP contribution is 2.40. The molecule has 5 heteroatoms. The first-order chi connectivity index (χ1) is 8.81. The summed E-state index contributed by atoms with van der Waals surface area (Å²) in [4.78, 5) is 10.9. The number of hydrogen-bond donors (Lipinski definition) is 1. The minimum atomic E-state index is -0.0471. The van der Waals surface area contributed by atoms with Crippen LogP contribution in [0.3, 0.4) is 0 Å². The monoisotopic (exact) mass is 249 g/mol. The quantitative estimate of drug-likeness (QED) is 0.846. The fourth-order valence-electron chi connectivity index (χ4n) is 2.94. The van der Waals surface area contributed by atoms with Crippen LogP contribution in [0.4, 0.5) is 5.82 Å². The molecule has 0 amide bonds. The second-order valence-corrected chi connectivity index (χ2v) is 5.31. The van der Waals surface area contributed by atoms with Gasteiger partial charge in [-0.15, -0.1) is 0 Å². The Labute approximate surface area is 107 Å². The number of aliphatic hydroxyl groups excluding tert-OH is 1. The van der Waals surface area contributed by atoms with Crippen molar-refractivity contribution in [1.82, 2.24) is 9.97 Å². The maximum Gasteiger partial charge on any atom is 0.147 e. The van der Waals surface area contributed by atoms with E-state index in [-0.39, 0.29) is 6.61 Å². The van der Waals surface area contributed by atoms with Gasteiger partial charge < -0.3 is 14.7 Å². The lowest BCUT2D eigenvalue weighted by molar-refractivity contribution is 0.0254. The van der Waals surface area contributed by atoms with Crippen LogP contribution in [-0.2, 0) is 11.3 Å². The molecule has 1 aromatic rings. The van der Waals surface area contributed by atoms with Crippen molar-refractivity contribution in [1.29, 1.82) is 0 Å². The Hall–Kier alpha value is -1.20. The number of hydrogen-bond acceptors (Lipinski definition) is 5. The van der Waals surface area contributed by atoms with Gasteiger partial charge in [0.15, 0.2) is 0 Å². The van der Waals surface area contributed by atoms with Crippen molar-refractivity contribution in [2.24, 2.45) is 5.41 Å². The lowest BCUT2D eigenvalue weighted by atomic mass is 9.80. The summed E-state index contributed by atoms with van der Waals surface area (Å²) in [6.07, 6.45) is 6.96. The number of ether oxygens (including phenoxy) is 1. The Kier molecular flexibility index (Phi) is 3.18. The van der Waals surface area contributed by atoms with Crippen molar-refractivity contribution < 1.29 is 9.84 Å². The SMILES string of the molecule is OCc1cnc(N2CCC3(CCOCC3)C2)cn1. The van der Waals surface area contributed by atoms with E-state index in [0.717, 1.165) is 45.0 Å². The van der Waals surface area contributed by atoms with Gasteiger partial charge in [0.05, 0.1) is 24.7 Å². The average Bonchev–Trinajstić information content (AvgIpc) is 2.83. The van der Waals surface area contributed by atoms with E-state index in [9.17, 15) is 0 Å². The van der Waals surface area contributed by atoms with Crippen LogP contribution in [0, 0.1) is 5.41 Å². The Balaban J connectivity index is 1.70. The van der Waals surface area contributed by atoms with Crippen LogP contribution >= 0.6 is 0 Å². The summed E-state index contributed by atoms with van der Waals surface area (Å²) in [6.45, 7) is 3.84. The summed E-state index contributed by atoms with van der Waals surface area (Å²) in [6, 6.07) is 0. The Morgan fingerprint density at radius 1 is 1.22 bits per heavy atom. The summed E-state index contributed by atoms with van der Waals surface area (Å²) in [5.74, 6) is 0.926. The van der Waals surface area contributed by atoms with Gasteiger partial charge in [-0.3, -0.25) is 4.98 Å². The highest BCUT2D eigenvalue weighted by atomic mass is 16.5. The molecular formula is C13H19N3O2. The first-order valence-electron chi connectivity index (χ1n) is 6.56. The Bertz CT molecular complexity index is 401. The normalized spacial score (nSPS) is 22.6. The standard InChI is InChI=1S/C13H19N3O2/c17-9-11-7-15-12(8-14-11)16-4-1-13(10-16)2-5-18-6-3-13/h7-8,17H,1-6,9-10H2. The van der Waals surface area contributed by atoms with Crippen LogP contribution in [-0.4, -0.2) is 41.4 Å². The van der Waals surface area contributed by atoms with Gasteiger partial charge in [-0.2, -0.15) is 0 Å². The van der Waals surface area contributed by atoms with Gasteiger partial charge in [-0.1, -0.05) is 0 Å². The molecule has 0 saturated carbocycles. The molecule has 1 spiro atoms. The first kappa shape index (κ1) is 11.9. The zero-order chi connectivity index (χ0) is 12.4. The minimum Gasteiger partial charge on any atom is -0.390 e.